The molecule has 1 heterocycles. The molecule has 0 saturated heterocycles. The predicted octanol–water partition coefficient (Wildman–Crippen LogP) is 3.64. The number of methoxy groups -OCH3 is 3. The van der Waals surface area contributed by atoms with Gasteiger partial charge in [0.05, 0.1) is 21.3 Å². The molecule has 27 heavy (non-hydrogen) atoms. The van der Waals surface area contributed by atoms with Crippen LogP contribution in [0.1, 0.15) is 17.5 Å². The summed E-state index contributed by atoms with van der Waals surface area (Å²) in [5, 5.41) is 0. The number of ether oxygens (including phenoxy) is 4. The maximum absolute atomic E-state index is 12.1. The number of aryl methyl sites for hydroxylation is 1. The van der Waals surface area contributed by atoms with Crippen molar-refractivity contribution >= 4 is 17.9 Å². The van der Waals surface area contributed by atoms with Crippen LogP contribution in [0.5, 0.6) is 17.2 Å². The molecule has 0 N–H and O–H groups in total. The van der Waals surface area contributed by atoms with E-state index in [9.17, 15) is 4.79 Å². The van der Waals surface area contributed by atoms with Gasteiger partial charge in [-0.1, -0.05) is 18.2 Å². The molecule has 0 aromatic heterocycles. The highest BCUT2D eigenvalue weighted by molar-refractivity contribution is 6.07. The minimum atomic E-state index is -0.450. The second-order valence-corrected chi connectivity index (χ2v) is 5.89. The van der Waals surface area contributed by atoms with Gasteiger partial charge in [0.25, 0.3) is 0 Å². The molecule has 6 heteroatoms. The topological polar surface area (TPSA) is 66.3 Å². The van der Waals surface area contributed by atoms with Crippen molar-refractivity contribution in [3.8, 4) is 17.2 Å². The zero-order chi connectivity index (χ0) is 19.2. The van der Waals surface area contributed by atoms with Gasteiger partial charge in [-0.05, 0) is 47.9 Å². The van der Waals surface area contributed by atoms with Gasteiger partial charge in [-0.3, -0.25) is 0 Å². The van der Waals surface area contributed by atoms with E-state index in [0.29, 0.717) is 23.8 Å². The highest BCUT2D eigenvalue weighted by atomic mass is 16.6. The van der Waals surface area contributed by atoms with Crippen LogP contribution >= 0.6 is 0 Å². The zero-order valence-corrected chi connectivity index (χ0v) is 15.5. The summed E-state index contributed by atoms with van der Waals surface area (Å²) in [6.07, 6.45) is 2.94. The van der Waals surface area contributed by atoms with Crippen LogP contribution in [0.4, 0.5) is 0 Å². The Kier molecular flexibility index (Phi) is 5.76. The standard InChI is InChI=1S/C21H21NO5/c1-24-16-8-4-14(5-9-16)7-11-20-22-17(21(23)27-20)12-15-6-10-18(25-2)19(13-15)26-3/h4-6,8-10,12-13H,7,11H2,1-3H3/b17-12+. The molecule has 2 aromatic carbocycles. The molecule has 0 unspecified atom stereocenters. The maximum atomic E-state index is 12.1. The molecule has 0 atom stereocenters. The van der Waals surface area contributed by atoms with Crippen molar-refractivity contribution < 1.29 is 23.7 Å². The van der Waals surface area contributed by atoms with E-state index in [-0.39, 0.29) is 5.70 Å². The predicted molar refractivity (Wildman–Crippen MR) is 102 cm³/mol. The van der Waals surface area contributed by atoms with E-state index >= 15 is 0 Å². The summed E-state index contributed by atoms with van der Waals surface area (Å²) >= 11 is 0. The average molecular weight is 367 g/mol. The third-order valence-corrected chi connectivity index (χ3v) is 4.16. The van der Waals surface area contributed by atoms with Crippen LogP contribution < -0.4 is 14.2 Å². The molecule has 6 nitrogen and oxygen atoms in total. The van der Waals surface area contributed by atoms with Crippen LogP contribution in [0, 0.1) is 0 Å². The number of esters is 1. The normalized spacial score (nSPS) is 14.7. The van der Waals surface area contributed by atoms with E-state index in [4.69, 9.17) is 18.9 Å². The maximum Gasteiger partial charge on any atom is 0.363 e. The third kappa shape index (κ3) is 4.47. The van der Waals surface area contributed by atoms with Crippen molar-refractivity contribution in [3.63, 3.8) is 0 Å². The Hall–Kier alpha value is -3.28. The fraction of sp³-hybridized carbons (Fsp3) is 0.238. The van der Waals surface area contributed by atoms with Gasteiger partial charge in [0.1, 0.15) is 5.75 Å². The molecule has 3 rings (SSSR count). The van der Waals surface area contributed by atoms with Crippen LogP contribution in [0.2, 0.25) is 0 Å². The number of aliphatic imine (C=N–C) groups is 1. The number of hydrogen-bond acceptors (Lipinski definition) is 6. The highest BCUT2D eigenvalue weighted by Crippen LogP contribution is 2.29. The van der Waals surface area contributed by atoms with Crippen molar-refractivity contribution in [2.75, 3.05) is 21.3 Å². The van der Waals surface area contributed by atoms with E-state index in [2.05, 4.69) is 4.99 Å². The first-order valence-electron chi connectivity index (χ1n) is 8.49. The Bertz CT molecular complexity index is 884. The molecule has 0 saturated carbocycles. The van der Waals surface area contributed by atoms with Crippen molar-refractivity contribution in [2.24, 2.45) is 4.99 Å². The van der Waals surface area contributed by atoms with Crippen molar-refractivity contribution in [3.05, 3.63) is 59.3 Å². The van der Waals surface area contributed by atoms with E-state index in [0.717, 1.165) is 23.3 Å². The first-order valence-corrected chi connectivity index (χ1v) is 8.49. The van der Waals surface area contributed by atoms with Gasteiger partial charge < -0.3 is 18.9 Å². The minimum absolute atomic E-state index is 0.270. The Morgan fingerprint density at radius 1 is 0.926 bits per heavy atom. The molecule has 1 aliphatic rings. The molecule has 1 aliphatic heterocycles. The second kappa shape index (κ2) is 8.40. The number of hydrogen-bond donors (Lipinski definition) is 0. The minimum Gasteiger partial charge on any atom is -0.497 e. The molecule has 0 aliphatic carbocycles. The van der Waals surface area contributed by atoms with Crippen molar-refractivity contribution in [2.45, 2.75) is 12.8 Å². The quantitative estimate of drug-likeness (QED) is 0.552. The average Bonchev–Trinajstić information content (AvgIpc) is 3.06. The fourth-order valence-corrected chi connectivity index (χ4v) is 2.70. The molecule has 140 valence electrons. The monoisotopic (exact) mass is 367 g/mol. The summed E-state index contributed by atoms with van der Waals surface area (Å²) < 4.78 is 20.9. The fourth-order valence-electron chi connectivity index (χ4n) is 2.70. The van der Waals surface area contributed by atoms with Crippen molar-refractivity contribution in [1.29, 1.82) is 0 Å². The van der Waals surface area contributed by atoms with Gasteiger partial charge in [-0.2, -0.15) is 0 Å². The van der Waals surface area contributed by atoms with E-state index in [1.807, 2.05) is 30.3 Å². The van der Waals surface area contributed by atoms with Crippen molar-refractivity contribution in [1.82, 2.24) is 0 Å². The van der Waals surface area contributed by atoms with Gasteiger partial charge in [0, 0.05) is 6.42 Å². The largest absolute Gasteiger partial charge is 0.497 e. The lowest BCUT2D eigenvalue weighted by Crippen LogP contribution is -2.05. The first kappa shape index (κ1) is 18.5. The summed E-state index contributed by atoms with van der Waals surface area (Å²) in [7, 11) is 4.77. The number of benzene rings is 2. The Morgan fingerprint density at radius 2 is 1.67 bits per heavy atom. The lowest BCUT2D eigenvalue weighted by molar-refractivity contribution is -0.130. The first-order chi connectivity index (χ1) is 13.1. The zero-order valence-electron chi connectivity index (χ0n) is 15.5. The molecule has 0 bridgehead atoms. The molecular formula is C21H21NO5. The Balaban J connectivity index is 1.70. The van der Waals surface area contributed by atoms with E-state index in [1.165, 1.54) is 0 Å². The lowest BCUT2D eigenvalue weighted by atomic mass is 10.1. The number of cyclic esters (lactones) is 1. The van der Waals surface area contributed by atoms with Gasteiger partial charge in [-0.15, -0.1) is 0 Å². The Morgan fingerprint density at radius 3 is 2.33 bits per heavy atom. The van der Waals surface area contributed by atoms with Gasteiger partial charge in [-0.25, -0.2) is 9.79 Å². The van der Waals surface area contributed by atoms with E-state index in [1.54, 1.807) is 39.5 Å². The number of rotatable bonds is 7. The molecule has 0 amide bonds. The molecule has 0 fully saturated rings. The summed E-state index contributed by atoms with van der Waals surface area (Å²) in [6.45, 7) is 0. The lowest BCUT2D eigenvalue weighted by Gasteiger charge is -2.07. The van der Waals surface area contributed by atoms with Crippen LogP contribution in [-0.2, 0) is 16.0 Å². The summed E-state index contributed by atoms with van der Waals surface area (Å²) in [4.78, 5) is 16.4. The molecule has 0 radical (unpaired) electrons. The summed E-state index contributed by atoms with van der Waals surface area (Å²) in [6, 6.07) is 13.2. The van der Waals surface area contributed by atoms with Crippen LogP contribution in [0.15, 0.2) is 53.2 Å². The van der Waals surface area contributed by atoms with Gasteiger partial charge >= 0.3 is 5.97 Å². The molecular weight excluding hydrogens is 346 g/mol. The second-order valence-electron chi connectivity index (χ2n) is 5.89. The number of carbonyl (C=O) groups excluding carboxylic acids is 1. The van der Waals surface area contributed by atoms with E-state index < -0.39 is 5.97 Å². The highest BCUT2D eigenvalue weighted by Gasteiger charge is 2.22. The summed E-state index contributed by atoms with van der Waals surface area (Å²) in [5.41, 5.74) is 2.17. The number of nitrogens with zero attached hydrogens (tertiary/aromatic N) is 1. The smallest absolute Gasteiger partial charge is 0.363 e. The number of carbonyl (C=O) groups is 1. The third-order valence-electron chi connectivity index (χ3n) is 4.16. The van der Waals surface area contributed by atoms with Crippen LogP contribution in [0.25, 0.3) is 6.08 Å². The SMILES string of the molecule is COc1ccc(CCC2=N/C(=C/c3ccc(OC)c(OC)c3)C(=O)O2)cc1. The summed E-state index contributed by atoms with van der Waals surface area (Å²) in [5.74, 6) is 1.99. The van der Waals surface area contributed by atoms with Gasteiger partial charge in [0.2, 0.25) is 0 Å². The van der Waals surface area contributed by atoms with Crippen LogP contribution in [-0.4, -0.2) is 33.2 Å². The molecule has 0 spiro atoms. The van der Waals surface area contributed by atoms with Crippen LogP contribution in [0.3, 0.4) is 0 Å². The molecule has 2 aromatic rings. The Labute approximate surface area is 158 Å². The van der Waals surface area contributed by atoms with Gasteiger partial charge in [0.15, 0.2) is 23.1 Å².